The topological polar surface area (TPSA) is 104 Å². The maximum absolute atomic E-state index is 9.47. The Balaban J connectivity index is 2.08. The molecule has 2 aromatic heterocycles. The van der Waals surface area contributed by atoms with Crippen molar-refractivity contribution in [3.8, 4) is 0 Å². The molecule has 3 rings (SSSR count). The molecule has 1 aliphatic heterocycles. The molecule has 1 fully saturated rings. The van der Waals surface area contributed by atoms with Gasteiger partial charge in [0.1, 0.15) is 5.82 Å². The van der Waals surface area contributed by atoms with Gasteiger partial charge in [-0.3, -0.25) is 5.10 Å². The van der Waals surface area contributed by atoms with Crippen molar-refractivity contribution >= 4 is 22.8 Å². The van der Waals surface area contributed by atoms with Crippen LogP contribution in [0.15, 0.2) is 6.20 Å². The molecule has 0 saturated carbocycles. The van der Waals surface area contributed by atoms with Crippen molar-refractivity contribution in [2.45, 2.75) is 25.3 Å². The number of rotatable bonds is 2. The summed E-state index contributed by atoms with van der Waals surface area (Å²) in [5, 5.41) is 17.1. The minimum Gasteiger partial charge on any atom is -0.394 e. The van der Waals surface area contributed by atoms with Gasteiger partial charge in [0.15, 0.2) is 5.65 Å². The van der Waals surface area contributed by atoms with Crippen LogP contribution in [0.1, 0.15) is 19.3 Å². The van der Waals surface area contributed by atoms with Crippen LogP contribution in [0.2, 0.25) is 0 Å². The molecule has 3 heterocycles. The fourth-order valence-corrected chi connectivity index (χ4v) is 2.52. The molecule has 1 unspecified atom stereocenters. The van der Waals surface area contributed by atoms with Gasteiger partial charge >= 0.3 is 0 Å². The number of aliphatic hydroxyl groups excluding tert-OH is 1. The average Bonchev–Trinajstić information content (AvgIpc) is 2.85. The second-order valence-corrected chi connectivity index (χ2v) is 4.56. The first kappa shape index (κ1) is 11.2. The number of piperidine rings is 1. The lowest BCUT2D eigenvalue weighted by molar-refractivity contribution is 0.239. The van der Waals surface area contributed by atoms with Crippen molar-refractivity contribution < 1.29 is 5.11 Å². The summed E-state index contributed by atoms with van der Waals surface area (Å²) in [7, 11) is 0. The number of anilines is 2. The number of nitrogens with two attached hydrogens (primary N) is 1. The molecule has 0 aliphatic carbocycles. The van der Waals surface area contributed by atoms with Crippen LogP contribution in [0.4, 0.5) is 11.8 Å². The van der Waals surface area contributed by atoms with Gasteiger partial charge in [-0.15, -0.1) is 0 Å². The van der Waals surface area contributed by atoms with E-state index in [4.69, 9.17) is 5.73 Å². The first-order valence-electron chi connectivity index (χ1n) is 6.13. The fourth-order valence-electron chi connectivity index (χ4n) is 2.52. The van der Waals surface area contributed by atoms with Gasteiger partial charge in [0, 0.05) is 6.54 Å². The minimum atomic E-state index is 0.103. The average molecular weight is 248 g/mol. The molecule has 0 bridgehead atoms. The van der Waals surface area contributed by atoms with Crippen molar-refractivity contribution in [3.05, 3.63) is 6.20 Å². The highest BCUT2D eigenvalue weighted by molar-refractivity contribution is 5.87. The lowest BCUT2D eigenvalue weighted by Gasteiger charge is -2.35. The molecule has 4 N–H and O–H groups in total. The third-order valence-corrected chi connectivity index (χ3v) is 3.42. The Morgan fingerprint density at radius 1 is 1.44 bits per heavy atom. The van der Waals surface area contributed by atoms with Gasteiger partial charge in [0.05, 0.1) is 24.2 Å². The van der Waals surface area contributed by atoms with E-state index in [1.165, 1.54) is 0 Å². The molecule has 1 saturated heterocycles. The van der Waals surface area contributed by atoms with Crippen LogP contribution < -0.4 is 10.6 Å². The summed E-state index contributed by atoms with van der Waals surface area (Å²) in [6.07, 6.45) is 4.91. The SMILES string of the molecule is Nc1nc(N2CCCCC2CO)c2cn[nH]c2n1. The predicted octanol–water partition coefficient (Wildman–Crippen LogP) is 0.286. The number of aliphatic hydroxyl groups is 1. The van der Waals surface area contributed by atoms with Gasteiger partial charge in [-0.05, 0) is 19.3 Å². The van der Waals surface area contributed by atoms with Crippen molar-refractivity contribution in [2.24, 2.45) is 0 Å². The molecular formula is C11H16N6O. The van der Waals surface area contributed by atoms with Gasteiger partial charge in [-0.25, -0.2) is 0 Å². The quantitative estimate of drug-likeness (QED) is 0.705. The zero-order valence-corrected chi connectivity index (χ0v) is 10.0. The lowest BCUT2D eigenvalue weighted by Crippen LogP contribution is -2.42. The van der Waals surface area contributed by atoms with E-state index in [0.29, 0.717) is 5.65 Å². The highest BCUT2D eigenvalue weighted by atomic mass is 16.3. The maximum Gasteiger partial charge on any atom is 0.224 e. The first-order chi connectivity index (χ1) is 8.79. The molecule has 1 aliphatic rings. The second-order valence-electron chi connectivity index (χ2n) is 4.56. The van der Waals surface area contributed by atoms with E-state index in [2.05, 4.69) is 25.1 Å². The lowest BCUT2D eigenvalue weighted by atomic mass is 10.0. The summed E-state index contributed by atoms with van der Waals surface area (Å²) in [6, 6.07) is 0.103. The van der Waals surface area contributed by atoms with Crippen LogP contribution in [0.5, 0.6) is 0 Å². The van der Waals surface area contributed by atoms with Crippen molar-refractivity contribution in [3.63, 3.8) is 0 Å². The molecule has 18 heavy (non-hydrogen) atoms. The first-order valence-corrected chi connectivity index (χ1v) is 6.13. The molecule has 0 spiro atoms. The Labute approximate surface area is 104 Å². The Bertz CT molecular complexity index is 553. The van der Waals surface area contributed by atoms with E-state index in [9.17, 15) is 5.11 Å². The summed E-state index contributed by atoms with van der Waals surface area (Å²) >= 11 is 0. The maximum atomic E-state index is 9.47. The van der Waals surface area contributed by atoms with Crippen LogP contribution in [0.3, 0.4) is 0 Å². The van der Waals surface area contributed by atoms with E-state index >= 15 is 0 Å². The van der Waals surface area contributed by atoms with Gasteiger partial charge in [0.25, 0.3) is 0 Å². The number of hydrogen-bond acceptors (Lipinski definition) is 6. The van der Waals surface area contributed by atoms with Crippen molar-refractivity contribution in [1.29, 1.82) is 0 Å². The molecule has 96 valence electrons. The van der Waals surface area contributed by atoms with Crippen LogP contribution in [-0.4, -0.2) is 44.5 Å². The smallest absolute Gasteiger partial charge is 0.224 e. The number of H-pyrrole nitrogens is 1. The van der Waals surface area contributed by atoms with Crippen molar-refractivity contribution in [2.75, 3.05) is 23.8 Å². The third-order valence-electron chi connectivity index (χ3n) is 3.42. The number of nitrogen functional groups attached to an aromatic ring is 1. The van der Waals surface area contributed by atoms with Gasteiger partial charge < -0.3 is 15.7 Å². The van der Waals surface area contributed by atoms with E-state index in [1.807, 2.05) is 0 Å². The fraction of sp³-hybridized carbons (Fsp3) is 0.545. The van der Waals surface area contributed by atoms with E-state index in [0.717, 1.165) is 37.0 Å². The Kier molecular flexibility index (Phi) is 2.75. The molecular weight excluding hydrogens is 232 g/mol. The summed E-state index contributed by atoms with van der Waals surface area (Å²) in [4.78, 5) is 10.5. The third kappa shape index (κ3) is 1.76. The predicted molar refractivity (Wildman–Crippen MR) is 68.2 cm³/mol. The summed E-state index contributed by atoms with van der Waals surface area (Å²) < 4.78 is 0. The normalized spacial score (nSPS) is 20.5. The van der Waals surface area contributed by atoms with E-state index < -0.39 is 0 Å². The largest absolute Gasteiger partial charge is 0.394 e. The zero-order valence-electron chi connectivity index (χ0n) is 10.0. The highest BCUT2D eigenvalue weighted by Crippen LogP contribution is 2.28. The number of fused-ring (bicyclic) bond motifs is 1. The van der Waals surface area contributed by atoms with Crippen molar-refractivity contribution in [1.82, 2.24) is 20.2 Å². The van der Waals surface area contributed by atoms with Gasteiger partial charge in [-0.2, -0.15) is 15.1 Å². The molecule has 7 nitrogen and oxygen atoms in total. The number of hydrogen-bond donors (Lipinski definition) is 3. The van der Waals surface area contributed by atoms with Gasteiger partial charge in [0.2, 0.25) is 5.95 Å². The standard InChI is InChI=1S/C11H16N6O/c12-11-14-9-8(5-13-16-9)10(15-11)17-4-2-1-3-7(17)6-18/h5,7,18H,1-4,6H2,(H3,12,13,14,15,16). The van der Waals surface area contributed by atoms with Crippen LogP contribution in [0, 0.1) is 0 Å². The zero-order chi connectivity index (χ0) is 12.5. The molecule has 2 aromatic rings. The van der Waals surface area contributed by atoms with Crippen LogP contribution in [0.25, 0.3) is 11.0 Å². The Morgan fingerprint density at radius 2 is 2.33 bits per heavy atom. The van der Waals surface area contributed by atoms with Crippen LogP contribution in [-0.2, 0) is 0 Å². The Hall–Kier alpha value is -1.89. The Morgan fingerprint density at radius 3 is 3.17 bits per heavy atom. The number of nitrogens with one attached hydrogen (secondary N) is 1. The molecule has 7 heteroatoms. The number of aromatic amines is 1. The van der Waals surface area contributed by atoms with Gasteiger partial charge in [-0.1, -0.05) is 0 Å². The second kappa shape index (κ2) is 4.41. The molecule has 0 aromatic carbocycles. The summed E-state index contributed by atoms with van der Waals surface area (Å²) in [5.74, 6) is 0.994. The summed E-state index contributed by atoms with van der Waals surface area (Å²) in [5.41, 5.74) is 6.36. The summed E-state index contributed by atoms with van der Waals surface area (Å²) in [6.45, 7) is 1.01. The molecule has 1 atom stereocenters. The number of aromatic nitrogens is 4. The minimum absolute atomic E-state index is 0.103. The monoisotopic (exact) mass is 248 g/mol. The molecule has 0 amide bonds. The van der Waals surface area contributed by atoms with E-state index in [1.54, 1.807) is 6.20 Å². The van der Waals surface area contributed by atoms with E-state index in [-0.39, 0.29) is 18.6 Å². The molecule has 0 radical (unpaired) electrons. The highest BCUT2D eigenvalue weighted by Gasteiger charge is 2.25. The van der Waals surface area contributed by atoms with Crippen LogP contribution >= 0.6 is 0 Å². The number of nitrogens with zero attached hydrogens (tertiary/aromatic N) is 4.